The summed E-state index contributed by atoms with van der Waals surface area (Å²) in [6.07, 6.45) is 21.3. The Labute approximate surface area is 382 Å². The fraction of sp³-hybridized carbons (Fsp3) is 0.906. The third-order valence-electron chi connectivity index (χ3n) is 11.4. The van der Waals surface area contributed by atoms with Crippen LogP contribution in [0.5, 0.6) is 0 Å². The fourth-order valence-corrected chi connectivity index (χ4v) is 7.47. The topological polar surface area (TPSA) is 112 Å². The summed E-state index contributed by atoms with van der Waals surface area (Å²) < 4.78 is 15.1. The predicted octanol–water partition coefficient (Wildman–Crippen LogP) is 14.7. The molecule has 8 nitrogen and oxygen atoms in total. The van der Waals surface area contributed by atoms with Gasteiger partial charge >= 0.3 is 0 Å². The van der Waals surface area contributed by atoms with E-state index in [1.165, 1.54) is 63.5 Å². The summed E-state index contributed by atoms with van der Waals surface area (Å²) in [5, 5.41) is 39.6. The second kappa shape index (κ2) is 25.6. The zero-order valence-corrected chi connectivity index (χ0v) is 43.7. The molecule has 0 aliphatic heterocycles. The Morgan fingerprint density at radius 2 is 1.21 bits per heavy atom. The number of aliphatic hydroxyl groups is 2. The molecular weight excluding hydrogens is 776 g/mol. The van der Waals surface area contributed by atoms with Crippen molar-refractivity contribution in [3.63, 3.8) is 0 Å². The lowest BCUT2D eigenvalue weighted by Gasteiger charge is -2.31. The van der Waals surface area contributed by atoms with Gasteiger partial charge in [0, 0.05) is 30.8 Å². The molecule has 5 saturated carbocycles. The van der Waals surface area contributed by atoms with Gasteiger partial charge in [0.25, 0.3) is 0 Å². The Hall–Kier alpha value is -2.00. The number of oxime groups is 2. The third-order valence-corrected chi connectivity index (χ3v) is 11.4. The van der Waals surface area contributed by atoms with Crippen LogP contribution < -0.4 is 0 Å². The van der Waals surface area contributed by atoms with Gasteiger partial charge in [-0.3, -0.25) is 4.68 Å². The SMILES string of the molecule is CC(C)(C)C/C(=N/O)C1CC1.CC(C)(C)CC(C)(O)C1CC1.CC(C)(C)CC(F)C1CC1.CC(C)(C)CC(O)C1CC1.CC(C)(C)CCn1cccn1.CC/C(=N/OC)C1CC1. The standard InChI is InChI=1S/C10H20O.C9H17F.C9H16N2.C9H17NO.C9H18O.C7H13NO/c1-9(2,3)7-10(4,11)8-5-6-8;1-9(2,3)6-8(10)7-4-5-7;1-9(2,3)5-8-11-7-4-6-10-11;1-9(2,3)6-8(10-11)7-4-5-7;1-9(2,3)6-8(10)7-4-5-7;1-3-7(8-9-2)6-4-5-6/h8,11H,5-7H2,1-4H3;7-8H,4-6H2,1-3H3;4,6-7H,5,8H2,1-3H3;7,11H,4-6H2,1-3H3;7-8,10H,4-6H2,1-3H3;6H,3-5H2,1-2H3/b;;;10-8-;;8-7-. The molecule has 1 heterocycles. The van der Waals surface area contributed by atoms with Gasteiger partial charge in [0.15, 0.2) is 0 Å². The van der Waals surface area contributed by atoms with Crippen LogP contribution in [0.1, 0.15) is 220 Å². The molecule has 9 heteroatoms. The number of hydrogen-bond donors (Lipinski definition) is 3. The van der Waals surface area contributed by atoms with Gasteiger partial charge in [-0.25, -0.2) is 4.39 Å². The maximum absolute atomic E-state index is 13.1. The monoisotopic (exact) mass is 877 g/mol. The number of nitrogens with zero attached hydrogens (tertiary/aromatic N) is 4. The van der Waals surface area contributed by atoms with Crippen molar-refractivity contribution >= 4 is 11.4 Å². The Kier molecular flexibility index (Phi) is 24.0. The van der Waals surface area contributed by atoms with E-state index in [-0.39, 0.29) is 22.3 Å². The van der Waals surface area contributed by atoms with Gasteiger partial charge in [0.1, 0.15) is 13.3 Å². The predicted molar refractivity (Wildman–Crippen MR) is 262 cm³/mol. The van der Waals surface area contributed by atoms with Crippen LogP contribution in [0.2, 0.25) is 0 Å². The van der Waals surface area contributed by atoms with E-state index in [0.29, 0.717) is 34.5 Å². The molecule has 6 rings (SSSR count). The van der Waals surface area contributed by atoms with Crippen LogP contribution in [0.3, 0.4) is 0 Å². The molecule has 0 saturated heterocycles. The summed E-state index contributed by atoms with van der Waals surface area (Å²) in [4.78, 5) is 4.68. The van der Waals surface area contributed by atoms with Gasteiger partial charge in [-0.1, -0.05) is 121 Å². The fourth-order valence-electron chi connectivity index (χ4n) is 7.47. The number of rotatable bonds is 13. The molecule has 364 valence electrons. The van der Waals surface area contributed by atoms with Gasteiger partial charge in [0.05, 0.1) is 23.1 Å². The first kappa shape index (κ1) is 58.0. The lowest BCUT2D eigenvalue weighted by molar-refractivity contribution is -0.00128. The van der Waals surface area contributed by atoms with E-state index in [9.17, 15) is 14.6 Å². The highest BCUT2D eigenvalue weighted by Gasteiger charge is 2.42. The highest BCUT2D eigenvalue weighted by atomic mass is 19.1. The van der Waals surface area contributed by atoms with Crippen molar-refractivity contribution < 1.29 is 24.6 Å². The zero-order chi connectivity index (χ0) is 47.7. The molecule has 0 aromatic carbocycles. The summed E-state index contributed by atoms with van der Waals surface area (Å²) >= 11 is 0. The Morgan fingerprint density at radius 1 is 0.710 bits per heavy atom. The number of hydrogen-bond acceptors (Lipinski definition) is 7. The van der Waals surface area contributed by atoms with E-state index in [0.717, 1.165) is 63.1 Å². The zero-order valence-electron chi connectivity index (χ0n) is 43.7. The Bertz CT molecular complexity index is 1350. The van der Waals surface area contributed by atoms with E-state index >= 15 is 0 Å². The van der Waals surface area contributed by atoms with Crippen molar-refractivity contribution in [1.82, 2.24) is 9.78 Å². The minimum Gasteiger partial charge on any atom is -0.411 e. The summed E-state index contributed by atoms with van der Waals surface area (Å²) in [5.41, 5.74) is 3.21. The highest BCUT2D eigenvalue weighted by Crippen LogP contribution is 2.45. The van der Waals surface area contributed by atoms with Crippen LogP contribution >= 0.6 is 0 Å². The smallest absolute Gasteiger partial charge is 0.106 e. The van der Waals surface area contributed by atoms with Gasteiger partial charge in [-0.2, -0.15) is 5.10 Å². The van der Waals surface area contributed by atoms with Crippen LogP contribution in [0, 0.1) is 56.7 Å². The van der Waals surface area contributed by atoms with E-state index in [4.69, 9.17) is 5.21 Å². The van der Waals surface area contributed by atoms with E-state index in [2.05, 4.69) is 131 Å². The first-order chi connectivity index (χ1) is 28.3. The second-order valence-electron chi connectivity index (χ2n) is 25.7. The minimum absolute atomic E-state index is 0.0278. The first-order valence-corrected chi connectivity index (χ1v) is 24.6. The molecule has 1 aromatic heterocycles. The van der Waals surface area contributed by atoms with Crippen molar-refractivity contribution in [2.45, 2.75) is 245 Å². The molecule has 3 N–H and O–H groups in total. The number of aryl methyl sites for hydroxylation is 1. The molecule has 0 spiro atoms. The highest BCUT2D eigenvalue weighted by molar-refractivity contribution is 5.88. The second-order valence-corrected chi connectivity index (χ2v) is 25.7. The molecule has 5 aliphatic carbocycles. The molecule has 0 radical (unpaired) electrons. The molecule has 0 bridgehead atoms. The average Bonchev–Trinajstić information content (AvgIpc) is 3.90. The Balaban J connectivity index is 0.000000372. The van der Waals surface area contributed by atoms with E-state index in [1.807, 2.05) is 30.1 Å². The lowest BCUT2D eigenvalue weighted by Crippen LogP contribution is -2.32. The lowest BCUT2D eigenvalue weighted by atomic mass is 9.80. The minimum atomic E-state index is -0.528. The van der Waals surface area contributed by atoms with Crippen LogP contribution in [-0.2, 0) is 11.4 Å². The van der Waals surface area contributed by atoms with Crippen LogP contribution in [0.15, 0.2) is 28.8 Å². The van der Waals surface area contributed by atoms with Crippen molar-refractivity contribution in [2.24, 2.45) is 67.0 Å². The quantitative estimate of drug-likeness (QED) is 0.104. The molecule has 62 heavy (non-hydrogen) atoms. The molecule has 3 atom stereocenters. The average molecular weight is 877 g/mol. The molecule has 5 aliphatic rings. The first-order valence-electron chi connectivity index (χ1n) is 24.6. The van der Waals surface area contributed by atoms with Crippen molar-refractivity contribution in [3.8, 4) is 0 Å². The van der Waals surface area contributed by atoms with Gasteiger partial charge in [-0.15, -0.1) is 0 Å². The van der Waals surface area contributed by atoms with Crippen molar-refractivity contribution in [3.05, 3.63) is 18.5 Å². The number of alkyl halides is 1. The summed E-state index contributed by atoms with van der Waals surface area (Å²) in [6, 6.07) is 1.96. The van der Waals surface area contributed by atoms with Crippen molar-refractivity contribution in [2.75, 3.05) is 7.11 Å². The third kappa shape index (κ3) is 32.6. The number of aromatic nitrogens is 2. The molecule has 3 unspecified atom stereocenters. The summed E-state index contributed by atoms with van der Waals surface area (Å²) in [5.74, 6) is 2.99. The number of aliphatic hydroxyl groups excluding tert-OH is 1. The molecule has 0 amide bonds. The van der Waals surface area contributed by atoms with Crippen LogP contribution in [-0.4, -0.2) is 61.6 Å². The maximum Gasteiger partial charge on any atom is 0.106 e. The van der Waals surface area contributed by atoms with Gasteiger partial charge in [-0.05, 0) is 161 Å². The Morgan fingerprint density at radius 3 is 1.53 bits per heavy atom. The summed E-state index contributed by atoms with van der Waals surface area (Å²) in [7, 11) is 1.61. The molecular formula is C53H101FN4O4. The largest absolute Gasteiger partial charge is 0.411 e. The van der Waals surface area contributed by atoms with E-state index in [1.54, 1.807) is 7.11 Å². The van der Waals surface area contributed by atoms with Crippen LogP contribution in [0.4, 0.5) is 4.39 Å². The van der Waals surface area contributed by atoms with E-state index < -0.39 is 11.8 Å². The molecule has 1 aromatic rings. The number of halogens is 1. The van der Waals surface area contributed by atoms with Crippen LogP contribution in [0.25, 0.3) is 0 Å². The summed E-state index contributed by atoms with van der Waals surface area (Å²) in [6.45, 7) is 37.8. The van der Waals surface area contributed by atoms with Gasteiger partial charge in [0.2, 0.25) is 0 Å². The molecule has 5 fully saturated rings. The normalized spacial score (nSPS) is 20.4. The van der Waals surface area contributed by atoms with Crippen molar-refractivity contribution in [1.29, 1.82) is 0 Å². The van der Waals surface area contributed by atoms with Gasteiger partial charge < -0.3 is 20.3 Å². The maximum atomic E-state index is 13.1.